The SMILES string of the molecule is C=C(CCCCNN)C(Cc1nc(-c2ccc3c(c2)c(CC(C)(C)CCC)c(-c2cc(N4CCN(C5CC5)CC4)cnc2[CH-]C)n3CC(F)(F)F)cs1)NC.C=CC(C1CCCC1)N1CCC(CN(C)CC)C1.C=CC1C(C2CC2)N1C.[Na+]. The average molecular weight is 1170 g/mol. The first kappa shape index (κ1) is 67.4. The van der Waals surface area contributed by atoms with E-state index < -0.39 is 12.7 Å². The molecule has 3 saturated carbocycles. The monoisotopic (exact) mass is 1170 g/mol. The van der Waals surface area contributed by atoms with Crippen LogP contribution in [-0.2, 0) is 19.4 Å². The molecule has 6 heterocycles. The maximum atomic E-state index is 14.6. The van der Waals surface area contributed by atoms with E-state index in [-0.39, 0.29) is 41.0 Å². The Bertz CT molecular complexity index is 2680. The number of halogens is 3. The number of rotatable bonds is 27. The fraction of sp³-hybridized carbons (Fsp3) is 0.657. The number of hydrogen-bond donors (Lipinski definition) is 3. The molecule has 0 bridgehead atoms. The summed E-state index contributed by atoms with van der Waals surface area (Å²) in [6.45, 7) is 31.5. The zero-order chi connectivity index (χ0) is 58.7. The van der Waals surface area contributed by atoms with Crippen molar-refractivity contribution in [3.63, 3.8) is 0 Å². The van der Waals surface area contributed by atoms with Crippen LogP contribution in [0.1, 0.15) is 141 Å². The van der Waals surface area contributed by atoms with Gasteiger partial charge >= 0.3 is 35.7 Å². The van der Waals surface area contributed by atoms with Gasteiger partial charge in [-0.2, -0.15) is 13.2 Å². The van der Waals surface area contributed by atoms with Gasteiger partial charge in [0.1, 0.15) is 6.54 Å². The molecular formula is C67H103F3N11NaS. The molecule has 6 aliphatic rings. The number of nitrogens with zero attached hydrogens (tertiary/aromatic N) is 8. The summed E-state index contributed by atoms with van der Waals surface area (Å²) < 4.78 is 45.5. The van der Waals surface area contributed by atoms with Gasteiger partial charge in [0.15, 0.2) is 0 Å². The normalized spacial score (nSPS) is 22.2. The number of thiazole rings is 1. The number of hydrazine groups is 1. The van der Waals surface area contributed by atoms with Gasteiger partial charge in [-0.05, 0) is 158 Å². The van der Waals surface area contributed by atoms with E-state index in [4.69, 9.17) is 15.8 Å². The summed E-state index contributed by atoms with van der Waals surface area (Å²) >= 11 is 1.61. The van der Waals surface area contributed by atoms with E-state index in [0.717, 1.165) is 145 Å². The third-order valence-corrected chi connectivity index (χ3v) is 19.8. The molecule has 6 fully saturated rings. The molecular weight excluding hydrogens is 1070 g/mol. The van der Waals surface area contributed by atoms with Crippen molar-refractivity contribution in [2.75, 3.05) is 84.9 Å². The molecule has 4 aromatic rings. The Morgan fingerprint density at radius 2 is 1.73 bits per heavy atom. The Labute approximate surface area is 524 Å². The Morgan fingerprint density at radius 1 is 1.00 bits per heavy atom. The molecule has 10 rings (SSSR count). The number of pyridine rings is 1. The number of likely N-dealkylation sites (N-methyl/N-ethyl adjacent to an activating group) is 2. The second-order valence-electron chi connectivity index (χ2n) is 25.8. The predicted octanol–water partition coefficient (Wildman–Crippen LogP) is 10.2. The van der Waals surface area contributed by atoms with Gasteiger partial charge in [-0.3, -0.25) is 31.0 Å². The number of fused-ring (bicyclic) bond motifs is 1. The molecule has 1 aromatic carbocycles. The summed E-state index contributed by atoms with van der Waals surface area (Å²) in [7, 11) is 6.38. The van der Waals surface area contributed by atoms with Gasteiger partial charge in [0.05, 0.1) is 10.7 Å². The molecule has 3 saturated heterocycles. The Kier molecular flexibility index (Phi) is 25.4. The molecule has 11 nitrogen and oxygen atoms in total. The fourth-order valence-corrected chi connectivity index (χ4v) is 14.8. The van der Waals surface area contributed by atoms with Gasteiger partial charge in [0.2, 0.25) is 0 Å². The Hall–Kier alpha value is -3.06. The number of likely N-dealkylation sites (tertiary alicyclic amines) is 1. The number of benzene rings is 1. The molecule has 3 aromatic heterocycles. The quantitative estimate of drug-likeness (QED) is 0.0102. The summed E-state index contributed by atoms with van der Waals surface area (Å²) in [6.07, 6.45) is 22.4. The van der Waals surface area contributed by atoms with E-state index in [1.54, 1.807) is 11.3 Å². The van der Waals surface area contributed by atoms with Gasteiger partial charge in [0, 0.05) is 116 Å². The Morgan fingerprint density at radius 3 is 2.34 bits per heavy atom. The Balaban J connectivity index is 0.000000286. The number of nitrogens with two attached hydrogens (primary N) is 1. The van der Waals surface area contributed by atoms with Crippen LogP contribution in [0.4, 0.5) is 18.9 Å². The van der Waals surface area contributed by atoms with Crippen molar-refractivity contribution in [1.82, 2.24) is 44.9 Å². The summed E-state index contributed by atoms with van der Waals surface area (Å²) in [6, 6.07) is 11.0. The topological polar surface area (TPSA) is 96.8 Å². The van der Waals surface area contributed by atoms with Crippen molar-refractivity contribution in [1.29, 1.82) is 0 Å². The van der Waals surface area contributed by atoms with E-state index in [0.29, 0.717) is 35.4 Å². The minimum Gasteiger partial charge on any atom is -0.369 e. The molecule has 0 radical (unpaired) electrons. The molecule has 3 aliphatic heterocycles. The number of anilines is 1. The van der Waals surface area contributed by atoms with Crippen LogP contribution < -0.4 is 51.0 Å². The minimum atomic E-state index is -4.42. The maximum Gasteiger partial charge on any atom is 1.00 e. The minimum absolute atomic E-state index is 0. The number of nitrogens with one attached hydrogen (secondary N) is 2. The van der Waals surface area contributed by atoms with Crippen molar-refractivity contribution >= 4 is 27.9 Å². The molecule has 6 atom stereocenters. The summed E-state index contributed by atoms with van der Waals surface area (Å²) in [5, 5.41) is 7.30. The number of alkyl halides is 3. The second-order valence-corrected chi connectivity index (χ2v) is 26.7. The smallest absolute Gasteiger partial charge is 0.369 e. The zero-order valence-corrected chi connectivity index (χ0v) is 55.3. The van der Waals surface area contributed by atoms with Crippen molar-refractivity contribution < 1.29 is 42.7 Å². The van der Waals surface area contributed by atoms with Crippen LogP contribution >= 0.6 is 11.3 Å². The third-order valence-electron chi connectivity index (χ3n) is 18.9. The standard InChI is InChI=1S/C43H60F3N8S.C16H30N2.C8H13N.Na/c1-7-16-42(4,5)25-35-33-22-30(38-27-55-40(51-38)24-37(48-6)29(3)11-9-10-17-50-47)12-15-39(33)54(28-43(44,45)46)41(35)34-23-32(26-49-36(34)8-2)53-20-18-52(19-21-53)31-13-14-31;1-4-16(15-8-6-7-9-15)18-11-10-14(13-18)12-17(3)5-2;1-3-7-8(9(7)2)6-4-5-6;/h8,12,15,22-23,26-27,31,37,48,50H,3,7,9-11,13-14,16-21,24-25,28,47H2,1-2,4-6H3;4,14-16H,1,5-13H2,2-3H3;3,6-8H,1,4-5H2,2H3;/q-1;;;+1. The van der Waals surface area contributed by atoms with Crippen LogP contribution in [0, 0.1) is 29.6 Å². The number of unbranched alkanes of at least 4 members (excludes halogenated alkanes) is 1. The number of piperazine rings is 1. The predicted molar refractivity (Wildman–Crippen MR) is 339 cm³/mol. The van der Waals surface area contributed by atoms with Crippen molar-refractivity contribution in [3.8, 4) is 22.5 Å². The van der Waals surface area contributed by atoms with Crippen molar-refractivity contribution in [2.45, 2.75) is 180 Å². The first-order valence-electron chi connectivity index (χ1n) is 31.6. The molecule has 6 unspecified atom stereocenters. The fourth-order valence-electron chi connectivity index (χ4n) is 13.9. The van der Waals surface area contributed by atoms with E-state index in [1.165, 1.54) is 88.5 Å². The van der Waals surface area contributed by atoms with Crippen LogP contribution in [-0.4, -0.2) is 151 Å². The molecule has 3 aliphatic carbocycles. The first-order chi connectivity index (χ1) is 39.4. The van der Waals surface area contributed by atoms with Crippen LogP contribution in [0.25, 0.3) is 33.4 Å². The van der Waals surface area contributed by atoms with Crippen molar-refractivity contribution in [2.24, 2.45) is 29.0 Å². The van der Waals surface area contributed by atoms with E-state index in [2.05, 4.69) is 126 Å². The number of aromatic nitrogens is 3. The summed E-state index contributed by atoms with van der Waals surface area (Å²) in [5.74, 6) is 8.22. The van der Waals surface area contributed by atoms with Crippen LogP contribution in [0.5, 0.6) is 0 Å². The molecule has 83 heavy (non-hydrogen) atoms. The summed E-state index contributed by atoms with van der Waals surface area (Å²) in [4.78, 5) is 22.4. The number of hydrogen-bond acceptors (Lipinski definition) is 11. The van der Waals surface area contributed by atoms with Crippen LogP contribution in [0.2, 0.25) is 0 Å². The second kappa shape index (κ2) is 31.2. The van der Waals surface area contributed by atoms with E-state index >= 15 is 0 Å². The molecule has 16 heteroatoms. The van der Waals surface area contributed by atoms with Gasteiger partial charge in [0.25, 0.3) is 0 Å². The first-order valence-corrected chi connectivity index (χ1v) is 32.4. The van der Waals surface area contributed by atoms with E-state index in [1.807, 2.05) is 38.7 Å². The van der Waals surface area contributed by atoms with Gasteiger partial charge in [-0.15, -0.1) is 43.0 Å². The van der Waals surface area contributed by atoms with Gasteiger partial charge in [-0.25, -0.2) is 11.4 Å². The largest absolute Gasteiger partial charge is 1.00 e. The molecule has 4 N–H and O–H groups in total. The molecule has 454 valence electrons. The van der Waals surface area contributed by atoms with Crippen LogP contribution in [0.3, 0.4) is 0 Å². The van der Waals surface area contributed by atoms with E-state index in [9.17, 15) is 13.2 Å². The van der Waals surface area contributed by atoms with Crippen molar-refractivity contribution in [3.05, 3.63) is 96.0 Å². The molecule has 0 spiro atoms. The van der Waals surface area contributed by atoms with Gasteiger partial charge < -0.3 is 19.7 Å². The summed E-state index contributed by atoms with van der Waals surface area (Å²) in [5.41, 5.74) is 9.98. The van der Waals surface area contributed by atoms with Crippen LogP contribution in [0.15, 0.2) is 73.3 Å². The zero-order valence-electron chi connectivity index (χ0n) is 52.5. The maximum absolute atomic E-state index is 14.6. The molecule has 0 amide bonds. The van der Waals surface area contributed by atoms with Gasteiger partial charge in [-0.1, -0.05) is 83.0 Å². The third kappa shape index (κ3) is 18.3. The average Bonchev–Trinajstić information content (AvgIpc) is 2.19.